The zero-order valence-electron chi connectivity index (χ0n) is 3.20. The molecule has 0 aromatic carbocycles. The van der Waals surface area contributed by atoms with Gasteiger partial charge in [-0.3, -0.25) is 6.58 Å². The first-order valence-electron chi connectivity index (χ1n) is 1.52. The predicted octanol–water partition coefficient (Wildman–Crippen LogP) is 1.55. The van der Waals surface area contributed by atoms with Crippen molar-refractivity contribution in [3.05, 3.63) is 25.3 Å². The summed E-state index contributed by atoms with van der Waals surface area (Å²) >= 11 is 0. The van der Waals surface area contributed by atoms with Crippen LogP contribution < -0.4 is 0 Å². The molecule has 0 bridgehead atoms. The van der Waals surface area contributed by atoms with Gasteiger partial charge in [0.2, 0.25) is 0 Å². The van der Waals surface area contributed by atoms with E-state index in [0.29, 0.717) is 0 Å². The topological polar surface area (TPSA) is 0 Å². The molecule has 0 fully saturated rings. The second-order valence-corrected chi connectivity index (χ2v) is 0.743. The minimum Gasteiger partial charge on any atom is -0.500 e. The number of rotatable bonds is 2. The van der Waals surface area contributed by atoms with Gasteiger partial charge in [-0.25, -0.2) is 0 Å². The van der Waals surface area contributed by atoms with Gasteiger partial charge >= 0.3 is 0 Å². The summed E-state index contributed by atoms with van der Waals surface area (Å²) < 4.78 is 0. The summed E-state index contributed by atoms with van der Waals surface area (Å²) in [6.45, 7) is 6.80. The smallest absolute Gasteiger partial charge is 0.106 e. The van der Waals surface area contributed by atoms with Gasteiger partial charge in [0.1, 0.15) is 0 Å². The first-order chi connectivity index (χ1) is 2.41. The molecular formula is C5H7-. The van der Waals surface area contributed by atoms with Crippen LogP contribution in [0.4, 0.5) is 0 Å². The fourth-order valence-electron chi connectivity index (χ4n) is 0.102. The minimum atomic E-state index is 0.792. The van der Waals surface area contributed by atoms with Gasteiger partial charge in [-0.2, -0.15) is 6.42 Å². The molecule has 0 aliphatic carbocycles. The number of hydrogen-bond acceptors (Lipinski definition) is 0. The van der Waals surface area contributed by atoms with Crippen molar-refractivity contribution in [1.82, 2.24) is 0 Å². The van der Waals surface area contributed by atoms with Crippen LogP contribution in [0.2, 0.25) is 0 Å². The zero-order valence-corrected chi connectivity index (χ0v) is 3.20. The largest absolute Gasteiger partial charge is 0.500 e. The predicted molar refractivity (Wildman–Crippen MR) is 23.7 cm³/mol. The van der Waals surface area contributed by atoms with E-state index >= 15 is 0 Å². The van der Waals surface area contributed by atoms with Gasteiger partial charge in [0.15, 0.2) is 0 Å². The van der Waals surface area contributed by atoms with E-state index < -0.39 is 0 Å². The van der Waals surface area contributed by atoms with Gasteiger partial charge in [0.25, 0.3) is 0 Å². The molecule has 0 heteroatoms. The number of allylic oxidation sites excluding steroid dienone is 2. The highest BCUT2D eigenvalue weighted by Gasteiger charge is 1.36. The average molecular weight is 67.1 g/mol. The Balaban J connectivity index is 2.65. The third kappa shape index (κ3) is 3.48. The van der Waals surface area contributed by atoms with Crippen molar-refractivity contribution in [3.63, 3.8) is 0 Å². The van der Waals surface area contributed by atoms with Gasteiger partial charge in [0, 0.05) is 0 Å². The second-order valence-electron chi connectivity index (χ2n) is 0.743. The SMILES string of the molecule is C=[C-]CC=C. The third-order valence-electron chi connectivity index (χ3n) is 0.289. The molecule has 5 heavy (non-hydrogen) atoms. The summed E-state index contributed by atoms with van der Waals surface area (Å²) in [6.07, 6.45) is 5.20. The van der Waals surface area contributed by atoms with Crippen LogP contribution in [0, 0.1) is 6.08 Å². The molecule has 0 N–H and O–H groups in total. The van der Waals surface area contributed by atoms with Crippen molar-refractivity contribution in [2.24, 2.45) is 0 Å². The van der Waals surface area contributed by atoms with Crippen LogP contribution in [0.5, 0.6) is 0 Å². The van der Waals surface area contributed by atoms with Crippen molar-refractivity contribution < 1.29 is 0 Å². The summed E-state index contributed by atoms with van der Waals surface area (Å²) in [4.78, 5) is 0. The summed E-state index contributed by atoms with van der Waals surface area (Å²) in [5, 5.41) is 0. The molecule has 28 valence electrons. The molecule has 0 saturated carbocycles. The van der Waals surface area contributed by atoms with Crippen molar-refractivity contribution in [1.29, 1.82) is 0 Å². The summed E-state index contributed by atoms with van der Waals surface area (Å²) in [6, 6.07) is 0. The lowest BCUT2D eigenvalue weighted by Crippen LogP contribution is -1.45. The minimum absolute atomic E-state index is 0.792. The van der Waals surface area contributed by atoms with Gasteiger partial charge in [-0.05, 0) is 0 Å². The van der Waals surface area contributed by atoms with E-state index in [-0.39, 0.29) is 0 Å². The fourth-order valence-corrected chi connectivity index (χ4v) is 0.102. The molecule has 0 aromatic rings. The maximum atomic E-state index is 3.45. The van der Waals surface area contributed by atoms with Crippen LogP contribution in [-0.4, -0.2) is 0 Å². The fraction of sp³-hybridized carbons (Fsp3) is 0.200. The molecule has 0 aliphatic rings. The normalized spacial score (nSPS) is 6.40. The van der Waals surface area contributed by atoms with Crippen LogP contribution in [0.1, 0.15) is 6.42 Å². The third-order valence-corrected chi connectivity index (χ3v) is 0.289. The Bertz CT molecular complexity index is 29.3. The van der Waals surface area contributed by atoms with Crippen molar-refractivity contribution >= 4 is 0 Å². The molecule has 0 radical (unpaired) electrons. The van der Waals surface area contributed by atoms with E-state index in [9.17, 15) is 0 Å². The summed E-state index contributed by atoms with van der Waals surface area (Å²) in [5.74, 6) is 0. The van der Waals surface area contributed by atoms with E-state index in [0.717, 1.165) is 6.42 Å². The van der Waals surface area contributed by atoms with E-state index in [4.69, 9.17) is 0 Å². The highest BCUT2D eigenvalue weighted by atomic mass is 13.6. The van der Waals surface area contributed by atoms with E-state index in [1.807, 2.05) is 0 Å². The zero-order chi connectivity index (χ0) is 4.12. The molecular weight excluding hydrogens is 60.1 g/mol. The van der Waals surface area contributed by atoms with Crippen LogP contribution >= 0.6 is 0 Å². The molecule has 0 heterocycles. The van der Waals surface area contributed by atoms with Crippen LogP contribution in [0.15, 0.2) is 19.2 Å². The standard InChI is InChI=1S/C5H7/c1-3-5-4-2/h3H,1-2,5H2/q-1. The Kier molecular flexibility index (Phi) is 3.12. The monoisotopic (exact) mass is 67.1 g/mol. The maximum Gasteiger partial charge on any atom is -0.106 e. The molecule has 0 atom stereocenters. The highest BCUT2D eigenvalue weighted by molar-refractivity contribution is 4.72. The molecule has 0 nitrogen and oxygen atoms in total. The molecule has 0 saturated heterocycles. The van der Waals surface area contributed by atoms with Gasteiger partial charge in [-0.15, -0.1) is 12.7 Å². The first-order valence-corrected chi connectivity index (χ1v) is 1.52. The van der Waals surface area contributed by atoms with Crippen molar-refractivity contribution in [3.8, 4) is 0 Å². The molecule has 0 aliphatic heterocycles. The van der Waals surface area contributed by atoms with Crippen LogP contribution in [-0.2, 0) is 0 Å². The Labute approximate surface area is 32.8 Å². The molecule has 0 rings (SSSR count). The lowest BCUT2D eigenvalue weighted by Gasteiger charge is -1.84. The van der Waals surface area contributed by atoms with Gasteiger partial charge < -0.3 is 6.08 Å². The highest BCUT2D eigenvalue weighted by Crippen LogP contribution is 1.72. The second kappa shape index (κ2) is 3.48. The maximum absolute atomic E-state index is 3.45. The number of hydrogen-bond donors (Lipinski definition) is 0. The van der Waals surface area contributed by atoms with Crippen LogP contribution in [0.3, 0.4) is 0 Å². The summed E-state index contributed by atoms with van der Waals surface area (Å²) in [5.41, 5.74) is 0. The Morgan fingerprint density at radius 3 is 2.40 bits per heavy atom. The average Bonchev–Trinajstić information content (AvgIpc) is 1.41. The Hall–Kier alpha value is -0.520. The molecule has 0 unspecified atom stereocenters. The van der Waals surface area contributed by atoms with E-state index in [2.05, 4.69) is 19.2 Å². The first kappa shape index (κ1) is 4.48. The van der Waals surface area contributed by atoms with E-state index in [1.165, 1.54) is 0 Å². The van der Waals surface area contributed by atoms with Gasteiger partial charge in [0.05, 0.1) is 0 Å². The Morgan fingerprint density at radius 1 is 1.80 bits per heavy atom. The van der Waals surface area contributed by atoms with E-state index in [1.54, 1.807) is 6.08 Å². The lowest BCUT2D eigenvalue weighted by molar-refractivity contribution is 1.37. The van der Waals surface area contributed by atoms with Crippen LogP contribution in [0.25, 0.3) is 0 Å². The molecule has 0 spiro atoms. The summed E-state index contributed by atoms with van der Waals surface area (Å²) in [7, 11) is 0. The molecule has 0 amide bonds. The van der Waals surface area contributed by atoms with Gasteiger partial charge in [-0.1, -0.05) is 0 Å². The Morgan fingerprint density at radius 2 is 2.40 bits per heavy atom. The van der Waals surface area contributed by atoms with Crippen molar-refractivity contribution in [2.75, 3.05) is 0 Å². The van der Waals surface area contributed by atoms with Crippen molar-refractivity contribution in [2.45, 2.75) is 6.42 Å². The lowest BCUT2D eigenvalue weighted by atomic mass is 10.4. The quantitative estimate of drug-likeness (QED) is 0.339. The molecule has 0 aromatic heterocycles.